The summed E-state index contributed by atoms with van der Waals surface area (Å²) in [5, 5.41) is 4.70. The minimum Gasteiger partial charge on any atom is -0.340 e. The molecule has 2 heterocycles. The third-order valence-electron chi connectivity index (χ3n) is 5.13. The summed E-state index contributed by atoms with van der Waals surface area (Å²) in [5.41, 5.74) is 1.62. The standard InChI is InChI=1S/C21H22ClN3O2S/c1-15-4-2-3-13-25(15)28(26,27)19-10-11-20-16(14-19)5-12-21(24-20)23-18-8-6-17(22)7-9-18/h5-12,14-15H,2-4,13H2,1H3,(H,23,24). The van der Waals surface area contributed by atoms with Crippen LogP contribution in [-0.2, 0) is 10.0 Å². The average Bonchev–Trinajstić information content (AvgIpc) is 2.69. The van der Waals surface area contributed by atoms with Crippen molar-refractivity contribution in [3.63, 3.8) is 0 Å². The van der Waals surface area contributed by atoms with E-state index in [1.807, 2.05) is 43.3 Å². The number of pyridine rings is 1. The summed E-state index contributed by atoms with van der Waals surface area (Å²) in [6, 6.07) is 16.3. The predicted molar refractivity (Wildman–Crippen MR) is 114 cm³/mol. The summed E-state index contributed by atoms with van der Waals surface area (Å²) >= 11 is 5.91. The molecule has 0 bridgehead atoms. The Bertz CT molecular complexity index is 1100. The van der Waals surface area contributed by atoms with E-state index in [0.29, 0.717) is 22.3 Å². The number of halogens is 1. The van der Waals surface area contributed by atoms with E-state index in [0.717, 1.165) is 35.9 Å². The Morgan fingerprint density at radius 1 is 1.07 bits per heavy atom. The van der Waals surface area contributed by atoms with Crippen LogP contribution in [0.15, 0.2) is 59.5 Å². The van der Waals surface area contributed by atoms with Gasteiger partial charge in [0.15, 0.2) is 0 Å². The molecule has 1 aliphatic heterocycles. The molecule has 4 rings (SSSR count). The molecule has 0 radical (unpaired) electrons. The molecule has 28 heavy (non-hydrogen) atoms. The Morgan fingerprint density at radius 2 is 1.86 bits per heavy atom. The van der Waals surface area contributed by atoms with Crippen LogP contribution >= 0.6 is 11.6 Å². The summed E-state index contributed by atoms with van der Waals surface area (Å²) in [4.78, 5) is 4.92. The first kappa shape index (κ1) is 19.2. The number of piperidine rings is 1. The lowest BCUT2D eigenvalue weighted by molar-refractivity contribution is 0.268. The molecule has 0 spiro atoms. The Morgan fingerprint density at radius 3 is 2.61 bits per heavy atom. The van der Waals surface area contributed by atoms with Gasteiger partial charge in [-0.3, -0.25) is 0 Å². The van der Waals surface area contributed by atoms with Crippen molar-refractivity contribution in [3.8, 4) is 0 Å². The van der Waals surface area contributed by atoms with Crippen LogP contribution in [-0.4, -0.2) is 30.3 Å². The molecule has 1 fully saturated rings. The zero-order valence-electron chi connectivity index (χ0n) is 15.6. The quantitative estimate of drug-likeness (QED) is 0.636. The van der Waals surface area contributed by atoms with Crippen LogP contribution in [0.5, 0.6) is 0 Å². The lowest BCUT2D eigenvalue weighted by Crippen LogP contribution is -2.41. The van der Waals surface area contributed by atoms with Crippen molar-refractivity contribution in [2.45, 2.75) is 37.1 Å². The zero-order valence-corrected chi connectivity index (χ0v) is 17.2. The summed E-state index contributed by atoms with van der Waals surface area (Å²) in [7, 11) is -3.49. The van der Waals surface area contributed by atoms with E-state index >= 15 is 0 Å². The molecule has 5 nitrogen and oxygen atoms in total. The van der Waals surface area contributed by atoms with Gasteiger partial charge in [-0.1, -0.05) is 18.0 Å². The Kier molecular flexibility index (Phi) is 5.27. The second-order valence-electron chi connectivity index (χ2n) is 7.14. The fourth-order valence-electron chi connectivity index (χ4n) is 3.58. The van der Waals surface area contributed by atoms with Gasteiger partial charge in [-0.25, -0.2) is 13.4 Å². The SMILES string of the molecule is CC1CCCCN1S(=O)(=O)c1ccc2nc(Nc3ccc(Cl)cc3)ccc2c1. The third-order valence-corrected chi connectivity index (χ3v) is 7.39. The second-order valence-corrected chi connectivity index (χ2v) is 9.47. The predicted octanol–water partition coefficient (Wildman–Crippen LogP) is 5.19. The lowest BCUT2D eigenvalue weighted by Gasteiger charge is -2.32. The van der Waals surface area contributed by atoms with Crippen LogP contribution in [0.2, 0.25) is 5.02 Å². The van der Waals surface area contributed by atoms with Gasteiger partial charge in [0.05, 0.1) is 10.4 Å². The summed E-state index contributed by atoms with van der Waals surface area (Å²) in [6.07, 6.45) is 2.91. The van der Waals surface area contributed by atoms with Crippen molar-refractivity contribution in [1.29, 1.82) is 0 Å². The number of benzene rings is 2. The molecule has 0 amide bonds. The molecule has 1 unspecified atom stereocenters. The number of anilines is 2. The maximum absolute atomic E-state index is 13.1. The number of rotatable bonds is 4. The maximum atomic E-state index is 13.1. The van der Waals surface area contributed by atoms with Gasteiger partial charge in [0.1, 0.15) is 5.82 Å². The number of aromatic nitrogens is 1. The molecule has 1 atom stereocenters. The van der Waals surface area contributed by atoms with Gasteiger partial charge in [-0.2, -0.15) is 4.31 Å². The molecule has 146 valence electrons. The second kappa shape index (κ2) is 7.70. The fraction of sp³-hybridized carbons (Fsp3) is 0.286. The molecule has 0 aliphatic carbocycles. The van der Waals surface area contributed by atoms with Crippen LogP contribution in [0.1, 0.15) is 26.2 Å². The first-order chi connectivity index (χ1) is 13.4. The van der Waals surface area contributed by atoms with E-state index in [4.69, 9.17) is 11.6 Å². The molecule has 1 aliphatic rings. The highest BCUT2D eigenvalue weighted by Crippen LogP contribution is 2.28. The van der Waals surface area contributed by atoms with Gasteiger partial charge in [0.25, 0.3) is 0 Å². The largest absolute Gasteiger partial charge is 0.340 e. The van der Waals surface area contributed by atoms with E-state index in [1.165, 1.54) is 0 Å². The molecular weight excluding hydrogens is 394 g/mol. The average molecular weight is 416 g/mol. The summed E-state index contributed by atoms with van der Waals surface area (Å²) in [6.45, 7) is 2.57. The van der Waals surface area contributed by atoms with E-state index in [-0.39, 0.29) is 6.04 Å². The highest BCUT2D eigenvalue weighted by molar-refractivity contribution is 7.89. The van der Waals surface area contributed by atoms with Gasteiger partial charge >= 0.3 is 0 Å². The number of fused-ring (bicyclic) bond motifs is 1. The minimum atomic E-state index is -3.49. The minimum absolute atomic E-state index is 0.0403. The van der Waals surface area contributed by atoms with Crippen LogP contribution in [0.3, 0.4) is 0 Å². The van der Waals surface area contributed by atoms with Crippen molar-refractivity contribution in [3.05, 3.63) is 59.6 Å². The first-order valence-electron chi connectivity index (χ1n) is 9.39. The molecule has 1 saturated heterocycles. The van der Waals surface area contributed by atoms with Gasteiger partial charge < -0.3 is 5.32 Å². The van der Waals surface area contributed by atoms with Gasteiger partial charge in [-0.15, -0.1) is 0 Å². The normalized spacial score (nSPS) is 18.3. The zero-order chi connectivity index (χ0) is 19.7. The monoisotopic (exact) mass is 415 g/mol. The topological polar surface area (TPSA) is 62.3 Å². The van der Waals surface area contributed by atoms with E-state index in [1.54, 1.807) is 22.5 Å². The molecule has 7 heteroatoms. The first-order valence-corrected chi connectivity index (χ1v) is 11.2. The molecule has 0 saturated carbocycles. The van der Waals surface area contributed by atoms with Crippen molar-refractivity contribution in [1.82, 2.24) is 9.29 Å². The third kappa shape index (κ3) is 3.85. The number of hydrogen-bond donors (Lipinski definition) is 1. The highest BCUT2D eigenvalue weighted by atomic mass is 35.5. The van der Waals surface area contributed by atoms with E-state index < -0.39 is 10.0 Å². The van der Waals surface area contributed by atoms with Crippen LogP contribution in [0, 0.1) is 0 Å². The number of sulfonamides is 1. The van der Waals surface area contributed by atoms with E-state index in [9.17, 15) is 8.42 Å². The maximum Gasteiger partial charge on any atom is 0.243 e. The number of nitrogens with zero attached hydrogens (tertiary/aromatic N) is 2. The van der Waals surface area contributed by atoms with Crippen molar-refractivity contribution >= 4 is 44.0 Å². The smallest absolute Gasteiger partial charge is 0.243 e. The molecule has 1 aromatic heterocycles. The molecular formula is C21H22ClN3O2S. The Labute approximate surface area is 170 Å². The Hall–Kier alpha value is -2.15. The Balaban J connectivity index is 1.62. The number of nitrogens with one attached hydrogen (secondary N) is 1. The molecule has 2 aromatic carbocycles. The van der Waals surface area contributed by atoms with Gasteiger partial charge in [0, 0.05) is 28.7 Å². The van der Waals surface area contributed by atoms with Gasteiger partial charge in [0.2, 0.25) is 10.0 Å². The summed E-state index contributed by atoms with van der Waals surface area (Å²) < 4.78 is 27.7. The van der Waals surface area contributed by atoms with Crippen molar-refractivity contribution in [2.24, 2.45) is 0 Å². The molecule has 3 aromatic rings. The number of hydrogen-bond acceptors (Lipinski definition) is 4. The molecule has 1 N–H and O–H groups in total. The van der Waals surface area contributed by atoms with Gasteiger partial charge in [-0.05, 0) is 74.4 Å². The van der Waals surface area contributed by atoms with E-state index in [2.05, 4.69) is 10.3 Å². The van der Waals surface area contributed by atoms with Crippen LogP contribution in [0.4, 0.5) is 11.5 Å². The van der Waals surface area contributed by atoms with Crippen LogP contribution < -0.4 is 5.32 Å². The van der Waals surface area contributed by atoms with Crippen LogP contribution in [0.25, 0.3) is 10.9 Å². The van der Waals surface area contributed by atoms with Crippen molar-refractivity contribution < 1.29 is 8.42 Å². The van der Waals surface area contributed by atoms with Crippen molar-refractivity contribution in [2.75, 3.05) is 11.9 Å². The lowest BCUT2D eigenvalue weighted by atomic mass is 10.1. The highest BCUT2D eigenvalue weighted by Gasteiger charge is 2.31. The fourth-order valence-corrected chi connectivity index (χ4v) is 5.44. The summed E-state index contributed by atoms with van der Waals surface area (Å²) in [5.74, 6) is 0.690.